The molecule has 0 fully saturated rings. The number of carbonyl (C=O) groups is 1. The molecule has 0 aliphatic carbocycles. The average molecular weight is 513 g/mol. The van der Waals surface area contributed by atoms with E-state index < -0.39 is 17.7 Å². The van der Waals surface area contributed by atoms with Crippen LogP contribution in [-0.2, 0) is 0 Å². The number of nitrogens with two attached hydrogens (primary N) is 1. The van der Waals surface area contributed by atoms with Gasteiger partial charge in [-0.1, -0.05) is 35.9 Å². The number of aromatic nitrogens is 1. The van der Waals surface area contributed by atoms with Crippen molar-refractivity contribution in [1.82, 2.24) is 15.2 Å². The zero-order valence-corrected chi connectivity index (χ0v) is 20.6. The lowest BCUT2D eigenvalue weighted by Gasteiger charge is -2.19. The highest BCUT2D eigenvalue weighted by Gasteiger charge is 2.21. The van der Waals surface area contributed by atoms with Crippen LogP contribution in [0.25, 0.3) is 11.1 Å². The molecule has 3 aromatic rings. The largest absolute Gasteiger partial charge is 0.482 e. The van der Waals surface area contributed by atoms with Gasteiger partial charge in [-0.2, -0.15) is 0 Å². The van der Waals surface area contributed by atoms with E-state index in [0.717, 1.165) is 43.8 Å². The monoisotopic (exact) mass is 512 g/mol. The number of hydrogen-bond acceptors (Lipinski definition) is 5. The maximum atomic E-state index is 14.3. The first-order valence-electron chi connectivity index (χ1n) is 11.6. The molecular weight excluding hydrogens is 486 g/mol. The number of anilines is 1. The van der Waals surface area contributed by atoms with E-state index in [1.165, 1.54) is 0 Å². The molecule has 3 N–H and O–H groups in total. The molecule has 2 aromatic carbocycles. The van der Waals surface area contributed by atoms with Gasteiger partial charge in [-0.25, -0.2) is 13.8 Å². The molecule has 1 amide bonds. The molecule has 0 radical (unpaired) electrons. The van der Waals surface area contributed by atoms with E-state index >= 15 is 0 Å². The third-order valence-corrected chi connectivity index (χ3v) is 6.34. The molecule has 1 aliphatic heterocycles. The Hall–Kier alpha value is -3.49. The Kier molecular flexibility index (Phi) is 8.18. The Balaban J connectivity index is 1.45. The van der Waals surface area contributed by atoms with Gasteiger partial charge in [0.2, 0.25) is 0 Å². The van der Waals surface area contributed by atoms with Crippen molar-refractivity contribution in [2.45, 2.75) is 19.4 Å². The molecule has 0 saturated carbocycles. The maximum absolute atomic E-state index is 14.3. The Labute approximate surface area is 213 Å². The van der Waals surface area contributed by atoms with Crippen LogP contribution < -0.4 is 15.8 Å². The Morgan fingerprint density at radius 2 is 1.92 bits per heavy atom. The van der Waals surface area contributed by atoms with E-state index in [1.807, 2.05) is 6.07 Å². The lowest BCUT2D eigenvalue weighted by molar-refractivity contribution is 0.0952. The number of pyridine rings is 1. The minimum absolute atomic E-state index is 0.0839. The van der Waals surface area contributed by atoms with Crippen molar-refractivity contribution in [3.63, 3.8) is 0 Å². The van der Waals surface area contributed by atoms with Crippen LogP contribution in [0.5, 0.6) is 5.75 Å². The predicted octanol–water partition coefficient (Wildman–Crippen LogP) is 5.39. The predicted molar refractivity (Wildman–Crippen MR) is 137 cm³/mol. The molecule has 0 spiro atoms. The van der Waals surface area contributed by atoms with Crippen molar-refractivity contribution in [3.05, 3.63) is 88.6 Å². The molecular formula is C27H27ClF2N4O2. The molecule has 4 rings (SSSR count). The van der Waals surface area contributed by atoms with Gasteiger partial charge >= 0.3 is 0 Å². The minimum atomic E-state index is -0.930. The number of nitrogens with one attached hydrogen (secondary N) is 1. The van der Waals surface area contributed by atoms with E-state index in [1.54, 1.807) is 37.4 Å². The van der Waals surface area contributed by atoms with E-state index in [4.69, 9.17) is 22.1 Å². The summed E-state index contributed by atoms with van der Waals surface area (Å²) in [6, 6.07) is 10.7. The second-order valence-corrected chi connectivity index (χ2v) is 8.92. The molecule has 0 saturated heterocycles. The molecule has 6 nitrogen and oxygen atoms in total. The highest BCUT2D eigenvalue weighted by Crippen LogP contribution is 2.34. The van der Waals surface area contributed by atoms with E-state index in [0.29, 0.717) is 17.7 Å². The van der Waals surface area contributed by atoms with Gasteiger partial charge in [-0.15, -0.1) is 0 Å². The van der Waals surface area contributed by atoms with Gasteiger partial charge in [0.15, 0.2) is 11.6 Å². The van der Waals surface area contributed by atoms with Crippen molar-refractivity contribution in [2.75, 3.05) is 31.9 Å². The number of rotatable bonds is 9. The van der Waals surface area contributed by atoms with Gasteiger partial charge in [0, 0.05) is 49.1 Å². The molecule has 1 atom stereocenters. The highest BCUT2D eigenvalue weighted by atomic mass is 35.5. The quantitative estimate of drug-likeness (QED) is 0.228. The summed E-state index contributed by atoms with van der Waals surface area (Å²) < 4.78 is 34.0. The number of nitrogens with zero attached hydrogens (tertiary/aromatic N) is 2. The van der Waals surface area contributed by atoms with Crippen LogP contribution in [0.3, 0.4) is 0 Å². The van der Waals surface area contributed by atoms with Gasteiger partial charge in [0.05, 0.1) is 5.02 Å². The maximum Gasteiger partial charge on any atom is 0.251 e. The highest BCUT2D eigenvalue weighted by molar-refractivity contribution is 6.31. The Morgan fingerprint density at radius 1 is 1.17 bits per heavy atom. The number of halogens is 3. The fourth-order valence-electron chi connectivity index (χ4n) is 4.02. The van der Waals surface area contributed by atoms with Crippen molar-refractivity contribution < 1.29 is 18.3 Å². The normalized spacial score (nSPS) is 14.1. The fraction of sp³-hybridized carbons (Fsp3) is 0.259. The number of nitrogen functional groups attached to an aromatic ring is 1. The molecule has 188 valence electrons. The third-order valence-electron chi connectivity index (χ3n) is 5.96. The summed E-state index contributed by atoms with van der Waals surface area (Å²) in [5.74, 6) is -1.33. The third kappa shape index (κ3) is 6.01. The smallest absolute Gasteiger partial charge is 0.251 e. The van der Waals surface area contributed by atoms with Crippen LogP contribution in [0.15, 0.2) is 60.8 Å². The van der Waals surface area contributed by atoms with Crippen molar-refractivity contribution >= 4 is 23.3 Å². The standard InChI is InChI=1S/C27H27ClF2N4O2/c1-17(24-21(29)8-9-22(30)25(24)28)36-23-15-20(16-33-26(23)31)18-6-4-7-19(14-18)27(35)32-10-5-13-34-11-2-3-12-34/h2-4,6-9,14-17H,5,10-13H2,1H3,(H2,31,33)(H,32,35). The lowest BCUT2D eigenvalue weighted by atomic mass is 10.0. The van der Waals surface area contributed by atoms with Crippen LogP contribution in [0, 0.1) is 11.6 Å². The fourth-order valence-corrected chi connectivity index (χ4v) is 4.33. The summed E-state index contributed by atoms with van der Waals surface area (Å²) >= 11 is 5.97. The van der Waals surface area contributed by atoms with Crippen LogP contribution in [0.2, 0.25) is 5.02 Å². The molecule has 36 heavy (non-hydrogen) atoms. The van der Waals surface area contributed by atoms with Crippen molar-refractivity contribution in [1.29, 1.82) is 0 Å². The summed E-state index contributed by atoms with van der Waals surface area (Å²) in [4.78, 5) is 19.1. The first-order chi connectivity index (χ1) is 17.3. The van der Waals surface area contributed by atoms with Crippen LogP contribution in [0.4, 0.5) is 14.6 Å². The first kappa shape index (κ1) is 25.6. The molecule has 1 unspecified atom stereocenters. The van der Waals surface area contributed by atoms with Crippen molar-refractivity contribution in [3.8, 4) is 16.9 Å². The number of carbonyl (C=O) groups excluding carboxylic acids is 1. The SMILES string of the molecule is CC(Oc1cc(-c2cccc(C(=O)NCCCN3CC=CC3)c2)cnc1N)c1c(F)ccc(F)c1Cl. The topological polar surface area (TPSA) is 80.5 Å². The van der Waals surface area contributed by atoms with E-state index in [9.17, 15) is 13.6 Å². The van der Waals surface area contributed by atoms with E-state index in [-0.39, 0.29) is 28.1 Å². The summed E-state index contributed by atoms with van der Waals surface area (Å²) in [6.45, 7) is 4.97. The van der Waals surface area contributed by atoms with Gasteiger partial charge in [-0.05, 0) is 49.2 Å². The van der Waals surface area contributed by atoms with Crippen LogP contribution in [0.1, 0.15) is 35.4 Å². The zero-order valence-electron chi connectivity index (χ0n) is 19.8. The van der Waals surface area contributed by atoms with Gasteiger partial charge in [-0.3, -0.25) is 9.69 Å². The van der Waals surface area contributed by atoms with Gasteiger partial charge in [0.25, 0.3) is 5.91 Å². The summed E-state index contributed by atoms with van der Waals surface area (Å²) in [7, 11) is 0. The second kappa shape index (κ2) is 11.5. The molecule has 9 heteroatoms. The van der Waals surface area contributed by atoms with Crippen molar-refractivity contribution in [2.24, 2.45) is 0 Å². The number of hydrogen-bond donors (Lipinski definition) is 2. The second-order valence-electron chi connectivity index (χ2n) is 8.55. The average Bonchev–Trinajstić information content (AvgIpc) is 3.39. The van der Waals surface area contributed by atoms with Gasteiger partial charge < -0.3 is 15.8 Å². The van der Waals surface area contributed by atoms with Crippen LogP contribution in [-0.4, -0.2) is 42.0 Å². The zero-order chi connectivity index (χ0) is 25.7. The lowest BCUT2D eigenvalue weighted by Crippen LogP contribution is -2.28. The summed E-state index contributed by atoms with van der Waals surface area (Å²) in [5, 5.41) is 2.61. The number of benzene rings is 2. The summed E-state index contributed by atoms with van der Waals surface area (Å²) in [5.41, 5.74) is 7.76. The first-order valence-corrected chi connectivity index (χ1v) is 12.0. The molecule has 0 bridgehead atoms. The minimum Gasteiger partial charge on any atom is -0.482 e. The molecule has 1 aromatic heterocycles. The van der Waals surface area contributed by atoms with E-state index in [2.05, 4.69) is 27.4 Å². The Morgan fingerprint density at radius 3 is 2.69 bits per heavy atom. The van der Waals surface area contributed by atoms with Gasteiger partial charge in [0.1, 0.15) is 17.7 Å². The number of ether oxygens (including phenoxy) is 1. The number of amides is 1. The molecule has 1 aliphatic rings. The Bertz CT molecular complexity index is 1280. The molecule has 2 heterocycles. The summed E-state index contributed by atoms with van der Waals surface area (Å²) in [6.07, 6.45) is 5.78. The van der Waals surface area contributed by atoms with Crippen LogP contribution >= 0.6 is 11.6 Å².